The van der Waals surface area contributed by atoms with Gasteiger partial charge in [0.2, 0.25) is 0 Å². The van der Waals surface area contributed by atoms with Gasteiger partial charge < -0.3 is 14.8 Å². The second-order valence-electron chi connectivity index (χ2n) is 10.6. The molecular formula is C34H31FN6O4S2. The van der Waals surface area contributed by atoms with Crippen LogP contribution in [0.2, 0.25) is 0 Å². The molecule has 5 aromatic rings. The van der Waals surface area contributed by atoms with Gasteiger partial charge in [-0.05, 0) is 54.3 Å². The molecule has 1 aliphatic heterocycles. The van der Waals surface area contributed by atoms with Crippen molar-refractivity contribution in [3.63, 3.8) is 0 Å². The van der Waals surface area contributed by atoms with Crippen LogP contribution in [-0.2, 0) is 11.3 Å². The first-order valence-corrected chi connectivity index (χ1v) is 16.6. The molecule has 0 bridgehead atoms. The lowest BCUT2D eigenvalue weighted by Gasteiger charge is -2.24. The first-order chi connectivity index (χ1) is 22.9. The Morgan fingerprint density at radius 3 is 2.60 bits per heavy atom. The molecule has 0 spiro atoms. The van der Waals surface area contributed by atoms with Gasteiger partial charge in [-0.3, -0.25) is 14.2 Å². The third-order valence-electron chi connectivity index (χ3n) is 7.57. The first-order valence-electron chi connectivity index (χ1n) is 14.7. The van der Waals surface area contributed by atoms with E-state index in [1.165, 1.54) is 35.0 Å². The van der Waals surface area contributed by atoms with Crippen LogP contribution in [0.25, 0.3) is 5.69 Å². The second kappa shape index (κ2) is 14.2. The number of hydrogen-bond acceptors (Lipinski definition) is 9. The standard InChI is InChI=1S/C34H31FN6O4S2/c1-21-9-6-10-22(17-21)40-30(19-36-33(43)23-11-4-5-13-25(23)35)37-38-34(40)47-20-31(42)41-27(18-26(39-41)29-15-8-16-46-29)24-12-7-14-28(44-2)32(24)45-3/h4-17,27H,18-20H2,1-3H3,(H,36,43)/t27-/m1/s1. The van der Waals surface area contributed by atoms with Crippen LogP contribution in [0.5, 0.6) is 11.5 Å². The number of carbonyl (C=O) groups is 2. The summed E-state index contributed by atoms with van der Waals surface area (Å²) in [7, 11) is 3.15. The molecule has 10 nitrogen and oxygen atoms in total. The largest absolute Gasteiger partial charge is 0.493 e. The molecular weight excluding hydrogens is 640 g/mol. The number of hydrazone groups is 1. The Balaban J connectivity index is 1.27. The van der Waals surface area contributed by atoms with Crippen LogP contribution >= 0.6 is 23.1 Å². The molecule has 0 saturated carbocycles. The monoisotopic (exact) mass is 670 g/mol. The third kappa shape index (κ3) is 6.76. The summed E-state index contributed by atoms with van der Waals surface area (Å²) in [4.78, 5) is 27.7. The van der Waals surface area contributed by atoms with Crippen molar-refractivity contribution in [1.29, 1.82) is 0 Å². The Morgan fingerprint density at radius 2 is 1.85 bits per heavy atom. The van der Waals surface area contributed by atoms with Crippen LogP contribution in [0.15, 0.2) is 94.5 Å². The molecule has 1 N–H and O–H groups in total. The second-order valence-corrected chi connectivity index (χ2v) is 12.5. The Hall–Kier alpha value is -5.01. The van der Waals surface area contributed by atoms with Crippen molar-refractivity contribution >= 4 is 40.6 Å². The van der Waals surface area contributed by atoms with E-state index in [4.69, 9.17) is 14.6 Å². The van der Waals surface area contributed by atoms with Gasteiger partial charge in [0.05, 0.1) is 48.7 Å². The zero-order valence-electron chi connectivity index (χ0n) is 25.8. The number of benzene rings is 3. The molecule has 3 heterocycles. The van der Waals surface area contributed by atoms with E-state index in [0.717, 1.165) is 27.4 Å². The summed E-state index contributed by atoms with van der Waals surface area (Å²) in [6, 6.07) is 22.6. The van der Waals surface area contributed by atoms with E-state index in [2.05, 4.69) is 15.5 Å². The lowest BCUT2D eigenvalue weighted by atomic mass is 9.99. The third-order valence-corrected chi connectivity index (χ3v) is 9.41. The van der Waals surface area contributed by atoms with Gasteiger partial charge in [-0.2, -0.15) is 5.10 Å². The number of methoxy groups -OCH3 is 2. The van der Waals surface area contributed by atoms with E-state index in [9.17, 15) is 14.0 Å². The number of rotatable bonds is 11. The topological polar surface area (TPSA) is 111 Å². The molecule has 0 aliphatic carbocycles. The van der Waals surface area contributed by atoms with Crippen LogP contribution in [0.1, 0.15) is 44.6 Å². The Morgan fingerprint density at radius 1 is 1.02 bits per heavy atom. The Kier molecular flexibility index (Phi) is 9.64. The van der Waals surface area contributed by atoms with Crippen LogP contribution < -0.4 is 14.8 Å². The summed E-state index contributed by atoms with van der Waals surface area (Å²) < 4.78 is 27.3. The maximum atomic E-state index is 14.2. The van der Waals surface area contributed by atoms with Gasteiger partial charge in [-0.15, -0.1) is 21.5 Å². The van der Waals surface area contributed by atoms with Crippen molar-refractivity contribution in [3.8, 4) is 17.2 Å². The Labute approximate surface area is 279 Å². The predicted molar refractivity (Wildman–Crippen MR) is 179 cm³/mol. The molecule has 2 aromatic heterocycles. The molecule has 240 valence electrons. The number of halogens is 1. The summed E-state index contributed by atoms with van der Waals surface area (Å²) in [6.07, 6.45) is 0.506. The molecule has 0 saturated heterocycles. The van der Waals surface area contributed by atoms with Gasteiger partial charge in [0.25, 0.3) is 11.8 Å². The zero-order valence-corrected chi connectivity index (χ0v) is 27.5. The van der Waals surface area contributed by atoms with E-state index >= 15 is 0 Å². The summed E-state index contributed by atoms with van der Waals surface area (Å²) in [5, 5.41) is 20.2. The highest BCUT2D eigenvalue weighted by Crippen LogP contribution is 2.42. The summed E-state index contributed by atoms with van der Waals surface area (Å²) in [5.41, 5.74) is 3.30. The van der Waals surface area contributed by atoms with Crippen molar-refractivity contribution in [1.82, 2.24) is 25.1 Å². The SMILES string of the molecule is COc1cccc([C@H]2CC(c3cccs3)=NN2C(=O)CSc2nnc(CNC(=O)c3ccccc3F)n2-c2cccc(C)c2)c1OC. The summed E-state index contributed by atoms with van der Waals surface area (Å²) in [5.74, 6) is 0.134. The molecule has 1 aliphatic rings. The molecule has 0 unspecified atom stereocenters. The molecule has 3 aromatic carbocycles. The maximum absolute atomic E-state index is 14.2. The van der Waals surface area contributed by atoms with E-state index in [1.807, 2.05) is 66.9 Å². The zero-order chi connectivity index (χ0) is 32.9. The summed E-state index contributed by atoms with van der Waals surface area (Å²) in [6.45, 7) is 1.95. The average molecular weight is 671 g/mol. The molecule has 2 amide bonds. The number of aryl methyl sites for hydroxylation is 1. The first kappa shape index (κ1) is 32.0. The average Bonchev–Trinajstić information content (AvgIpc) is 3.86. The highest BCUT2D eigenvalue weighted by Gasteiger charge is 2.36. The number of carbonyl (C=O) groups excluding carboxylic acids is 2. The maximum Gasteiger partial charge on any atom is 0.254 e. The number of nitrogens with one attached hydrogen (secondary N) is 1. The van der Waals surface area contributed by atoms with Gasteiger partial charge in [-0.25, -0.2) is 9.40 Å². The highest BCUT2D eigenvalue weighted by atomic mass is 32.2. The molecule has 1 atom stereocenters. The van der Waals surface area contributed by atoms with Crippen molar-refractivity contribution in [2.75, 3.05) is 20.0 Å². The fraction of sp³-hybridized carbons (Fsp3) is 0.206. The van der Waals surface area contributed by atoms with Crippen molar-refractivity contribution in [3.05, 3.63) is 117 Å². The van der Waals surface area contributed by atoms with Crippen LogP contribution in [-0.4, -0.2) is 57.3 Å². The van der Waals surface area contributed by atoms with E-state index in [-0.39, 0.29) is 23.8 Å². The number of para-hydroxylation sites is 1. The highest BCUT2D eigenvalue weighted by molar-refractivity contribution is 7.99. The fourth-order valence-corrected chi connectivity index (χ4v) is 6.92. The Bertz CT molecular complexity index is 1940. The van der Waals surface area contributed by atoms with E-state index < -0.39 is 17.8 Å². The van der Waals surface area contributed by atoms with Gasteiger partial charge in [0.1, 0.15) is 5.82 Å². The van der Waals surface area contributed by atoms with Crippen LogP contribution in [0.4, 0.5) is 4.39 Å². The minimum absolute atomic E-state index is 0.00946. The smallest absolute Gasteiger partial charge is 0.254 e. The minimum Gasteiger partial charge on any atom is -0.493 e. The summed E-state index contributed by atoms with van der Waals surface area (Å²) >= 11 is 2.78. The minimum atomic E-state index is -0.614. The van der Waals surface area contributed by atoms with Crippen LogP contribution in [0, 0.1) is 12.7 Å². The number of ether oxygens (including phenoxy) is 2. The molecule has 0 radical (unpaired) electrons. The van der Waals surface area contributed by atoms with Gasteiger partial charge >= 0.3 is 0 Å². The molecule has 6 rings (SSSR count). The van der Waals surface area contributed by atoms with Gasteiger partial charge in [0.15, 0.2) is 22.5 Å². The number of nitrogens with zero attached hydrogens (tertiary/aromatic N) is 5. The normalized spacial score (nSPS) is 14.2. The van der Waals surface area contributed by atoms with E-state index in [1.54, 1.807) is 36.2 Å². The molecule has 47 heavy (non-hydrogen) atoms. The quantitative estimate of drug-likeness (QED) is 0.167. The lowest BCUT2D eigenvalue weighted by Crippen LogP contribution is -2.29. The number of thioether (sulfide) groups is 1. The number of aromatic nitrogens is 3. The van der Waals surface area contributed by atoms with Crippen molar-refractivity contribution in [2.24, 2.45) is 5.10 Å². The van der Waals surface area contributed by atoms with Gasteiger partial charge in [0, 0.05) is 17.7 Å². The number of thiophene rings is 1. The predicted octanol–water partition coefficient (Wildman–Crippen LogP) is 6.19. The molecule has 0 fully saturated rings. The fourth-order valence-electron chi connectivity index (χ4n) is 5.38. The number of amides is 2. The van der Waals surface area contributed by atoms with Crippen molar-refractivity contribution < 1.29 is 23.5 Å². The lowest BCUT2D eigenvalue weighted by molar-refractivity contribution is -0.130. The van der Waals surface area contributed by atoms with E-state index in [0.29, 0.717) is 28.9 Å². The van der Waals surface area contributed by atoms with Gasteiger partial charge in [-0.1, -0.05) is 54.2 Å². The molecule has 13 heteroatoms. The van der Waals surface area contributed by atoms with Crippen LogP contribution in [0.3, 0.4) is 0 Å². The van der Waals surface area contributed by atoms with Crippen molar-refractivity contribution in [2.45, 2.75) is 31.1 Å². The number of hydrogen-bond donors (Lipinski definition) is 1.